The van der Waals surface area contributed by atoms with Crippen molar-refractivity contribution in [2.75, 3.05) is 14.2 Å². The zero-order chi connectivity index (χ0) is 27.8. The number of methoxy groups -OCH3 is 2. The molecule has 9 nitrogen and oxygen atoms in total. The highest BCUT2D eigenvalue weighted by molar-refractivity contribution is 5.99. The molecule has 1 aliphatic heterocycles. The molecular weight excluding hydrogens is 515 g/mol. The fourth-order valence-corrected chi connectivity index (χ4v) is 5.27. The van der Waals surface area contributed by atoms with Gasteiger partial charge in [-0.05, 0) is 53.5 Å². The Morgan fingerprint density at radius 1 is 1.07 bits per heavy atom. The van der Waals surface area contributed by atoms with Crippen molar-refractivity contribution in [2.45, 2.75) is 33.3 Å². The maximum atomic E-state index is 14.2. The van der Waals surface area contributed by atoms with Crippen molar-refractivity contribution < 1.29 is 23.1 Å². The molecule has 0 unspecified atom stereocenters. The Kier molecular flexibility index (Phi) is 6.79. The summed E-state index contributed by atoms with van der Waals surface area (Å²) >= 11 is 0. The average molecular weight is 543 g/mol. The van der Waals surface area contributed by atoms with E-state index in [-0.39, 0.29) is 6.61 Å². The van der Waals surface area contributed by atoms with Crippen LogP contribution in [0.25, 0.3) is 22.2 Å². The van der Waals surface area contributed by atoms with Gasteiger partial charge in [0, 0.05) is 43.5 Å². The first-order chi connectivity index (χ1) is 19.5. The highest BCUT2D eigenvalue weighted by Crippen LogP contribution is 2.41. The highest BCUT2D eigenvalue weighted by atomic mass is 19.1. The first kappa shape index (κ1) is 25.7. The number of imidazole rings is 1. The largest absolute Gasteiger partial charge is 0.488 e. The predicted octanol–water partition coefficient (Wildman–Crippen LogP) is 5.06. The summed E-state index contributed by atoms with van der Waals surface area (Å²) in [6, 6.07) is 16.6. The minimum atomic E-state index is -0.650. The Labute approximate surface area is 228 Å². The van der Waals surface area contributed by atoms with Crippen LogP contribution in [0.3, 0.4) is 0 Å². The summed E-state index contributed by atoms with van der Waals surface area (Å²) in [5.41, 5.74) is 7.85. The number of allylic oxidation sites excluding steroid dienone is 1. The monoisotopic (exact) mass is 542 g/mol. The summed E-state index contributed by atoms with van der Waals surface area (Å²) in [7, 11) is 3.32. The summed E-state index contributed by atoms with van der Waals surface area (Å²) in [4.78, 5) is 19.2. The molecule has 0 saturated carbocycles. The Morgan fingerprint density at radius 3 is 2.67 bits per heavy atom. The first-order valence-corrected chi connectivity index (χ1v) is 12.7. The summed E-state index contributed by atoms with van der Waals surface area (Å²) in [6.07, 6.45) is 0. The SMILES string of the molecule is COCc1cccc2c1nc(COC)n2Cc1ccc2c(c1)COc1cc(F)ccc1/C2=C(\C)c1noc(=O)[nH]1. The van der Waals surface area contributed by atoms with Crippen LogP contribution < -0.4 is 10.5 Å². The number of nitrogens with one attached hydrogen (secondary N) is 1. The smallest absolute Gasteiger partial charge is 0.439 e. The number of rotatable bonds is 7. The second kappa shape index (κ2) is 10.6. The van der Waals surface area contributed by atoms with E-state index in [1.54, 1.807) is 20.3 Å². The van der Waals surface area contributed by atoms with E-state index in [0.29, 0.717) is 42.5 Å². The predicted molar refractivity (Wildman–Crippen MR) is 146 cm³/mol. The molecule has 0 fully saturated rings. The van der Waals surface area contributed by atoms with Crippen LogP contribution in [0.15, 0.2) is 63.9 Å². The van der Waals surface area contributed by atoms with Crippen LogP contribution in [0.2, 0.25) is 0 Å². The molecule has 1 N–H and O–H groups in total. The normalized spacial score (nSPS) is 14.0. The number of hydrogen-bond donors (Lipinski definition) is 1. The van der Waals surface area contributed by atoms with Crippen LogP contribution in [0.4, 0.5) is 4.39 Å². The van der Waals surface area contributed by atoms with E-state index >= 15 is 0 Å². The molecular formula is C30H27FN4O5. The average Bonchev–Trinajstić information content (AvgIpc) is 3.49. The molecule has 0 saturated heterocycles. The van der Waals surface area contributed by atoms with Crippen LogP contribution in [0.1, 0.15) is 46.4 Å². The minimum Gasteiger partial charge on any atom is -0.488 e. The molecule has 5 aromatic rings. The van der Waals surface area contributed by atoms with Gasteiger partial charge in [0.2, 0.25) is 0 Å². The molecule has 6 rings (SSSR count). The standard InChI is InChI=1S/C30H27FN4O5/c1-17(29-33-30(36)40-34-29)27-22-9-7-18(11-20(22)15-39-25-12-21(31)8-10-23(25)27)13-35-24-6-4-5-19(14-37-2)28(24)32-26(35)16-38-3/h4-12H,13-16H2,1-3H3,(H,33,34,36)/b27-17+. The molecule has 204 valence electrons. The van der Waals surface area contributed by atoms with Gasteiger partial charge in [-0.2, -0.15) is 0 Å². The Bertz CT molecular complexity index is 1820. The fraction of sp³-hybridized carbons (Fsp3) is 0.233. The molecule has 40 heavy (non-hydrogen) atoms. The second-order valence-electron chi connectivity index (χ2n) is 9.63. The molecule has 0 amide bonds. The number of ether oxygens (including phenoxy) is 3. The van der Waals surface area contributed by atoms with E-state index in [9.17, 15) is 9.18 Å². The van der Waals surface area contributed by atoms with Gasteiger partial charge < -0.3 is 18.8 Å². The molecule has 0 atom stereocenters. The van der Waals surface area contributed by atoms with Crippen molar-refractivity contribution in [3.8, 4) is 5.75 Å². The van der Waals surface area contributed by atoms with Gasteiger partial charge in [-0.1, -0.05) is 29.4 Å². The van der Waals surface area contributed by atoms with E-state index in [0.717, 1.165) is 44.7 Å². The summed E-state index contributed by atoms with van der Waals surface area (Å²) in [5, 5.41) is 3.88. The van der Waals surface area contributed by atoms with Gasteiger partial charge in [0.25, 0.3) is 0 Å². The lowest BCUT2D eigenvalue weighted by molar-refractivity contribution is 0.175. The molecule has 0 radical (unpaired) electrons. The van der Waals surface area contributed by atoms with E-state index in [1.165, 1.54) is 12.1 Å². The molecule has 0 bridgehead atoms. The third kappa shape index (κ3) is 4.61. The number of nitrogens with zero attached hydrogens (tertiary/aromatic N) is 3. The number of aromatic nitrogens is 4. The maximum Gasteiger partial charge on any atom is 0.439 e. The van der Waals surface area contributed by atoms with Crippen molar-refractivity contribution in [2.24, 2.45) is 0 Å². The molecule has 0 aliphatic carbocycles. The van der Waals surface area contributed by atoms with Gasteiger partial charge in [-0.25, -0.2) is 14.2 Å². The Hall–Kier alpha value is -4.54. The number of H-pyrrole nitrogens is 1. The Morgan fingerprint density at radius 2 is 1.90 bits per heavy atom. The molecule has 2 aromatic heterocycles. The third-order valence-electron chi connectivity index (χ3n) is 7.06. The van der Waals surface area contributed by atoms with Gasteiger partial charge in [-0.3, -0.25) is 9.51 Å². The van der Waals surface area contributed by atoms with Gasteiger partial charge >= 0.3 is 5.76 Å². The lowest BCUT2D eigenvalue weighted by Gasteiger charge is -2.15. The number of benzene rings is 3. The zero-order valence-corrected chi connectivity index (χ0v) is 22.3. The van der Waals surface area contributed by atoms with Crippen LogP contribution in [0, 0.1) is 5.82 Å². The van der Waals surface area contributed by atoms with Crippen LogP contribution in [0.5, 0.6) is 5.75 Å². The lowest BCUT2D eigenvalue weighted by atomic mass is 9.89. The number of hydrogen-bond acceptors (Lipinski definition) is 7. The maximum absolute atomic E-state index is 14.2. The highest BCUT2D eigenvalue weighted by Gasteiger charge is 2.24. The minimum absolute atomic E-state index is 0.235. The van der Waals surface area contributed by atoms with Gasteiger partial charge in [0.05, 0.1) is 17.6 Å². The van der Waals surface area contributed by atoms with Crippen molar-refractivity contribution in [1.29, 1.82) is 0 Å². The number of halogens is 1. The number of aromatic amines is 1. The third-order valence-corrected chi connectivity index (χ3v) is 7.06. The molecule has 3 heterocycles. The Balaban J connectivity index is 1.47. The summed E-state index contributed by atoms with van der Waals surface area (Å²) < 4.78 is 38.0. The van der Waals surface area contributed by atoms with E-state index < -0.39 is 11.6 Å². The molecule has 3 aromatic carbocycles. The quantitative estimate of drug-likeness (QED) is 0.306. The lowest BCUT2D eigenvalue weighted by Crippen LogP contribution is -2.07. The van der Waals surface area contributed by atoms with Crippen molar-refractivity contribution in [3.05, 3.63) is 110 Å². The van der Waals surface area contributed by atoms with E-state index in [4.69, 9.17) is 23.7 Å². The van der Waals surface area contributed by atoms with Crippen LogP contribution in [-0.2, 0) is 35.8 Å². The molecule has 10 heteroatoms. The van der Waals surface area contributed by atoms with E-state index in [1.807, 2.05) is 37.3 Å². The van der Waals surface area contributed by atoms with Crippen molar-refractivity contribution in [3.63, 3.8) is 0 Å². The van der Waals surface area contributed by atoms with Gasteiger partial charge in [-0.15, -0.1) is 0 Å². The molecule has 1 aliphatic rings. The fourth-order valence-electron chi connectivity index (χ4n) is 5.27. The van der Waals surface area contributed by atoms with E-state index in [2.05, 4.69) is 20.8 Å². The van der Waals surface area contributed by atoms with Gasteiger partial charge in [0.1, 0.15) is 30.6 Å². The van der Waals surface area contributed by atoms with Crippen molar-refractivity contribution in [1.82, 2.24) is 19.7 Å². The summed E-state index contributed by atoms with van der Waals surface area (Å²) in [6.45, 7) is 3.45. The number of para-hydroxylation sites is 1. The number of fused-ring (bicyclic) bond motifs is 3. The second-order valence-corrected chi connectivity index (χ2v) is 9.63. The molecule has 0 spiro atoms. The van der Waals surface area contributed by atoms with Crippen LogP contribution in [-0.4, -0.2) is 33.9 Å². The first-order valence-electron chi connectivity index (χ1n) is 12.7. The summed E-state index contributed by atoms with van der Waals surface area (Å²) in [5.74, 6) is 0.465. The van der Waals surface area contributed by atoms with Gasteiger partial charge in [0.15, 0.2) is 5.82 Å². The van der Waals surface area contributed by atoms with Crippen molar-refractivity contribution >= 4 is 22.2 Å². The topological polar surface area (TPSA) is 104 Å². The van der Waals surface area contributed by atoms with Crippen LogP contribution >= 0.6 is 0 Å². The zero-order valence-electron chi connectivity index (χ0n) is 22.3.